The van der Waals surface area contributed by atoms with Gasteiger partial charge in [0.15, 0.2) is 5.13 Å². The zero-order valence-corrected chi connectivity index (χ0v) is 25.2. The van der Waals surface area contributed by atoms with Gasteiger partial charge in [-0.1, -0.05) is 37.9 Å². The molecule has 2 N–H and O–H groups in total. The standard InChI is InChI=1S/C28H28Br2N6OS/c1-18-5-6-21(14-25(18)33-28-34-26(17-38-28)19-4-3-7-31-15-19)32-27(37)20-12-23(29)22(24(30)13-20)16-36-10-8-35(2)9-11-36/h3-7,12-15,17H,8-11,16H2,1-2H3,(H,32,37)(H,33,34). The van der Waals surface area contributed by atoms with Crippen LogP contribution in [0.25, 0.3) is 11.3 Å². The molecule has 0 atom stereocenters. The number of piperazine rings is 1. The second kappa shape index (κ2) is 12.0. The van der Waals surface area contributed by atoms with Crippen LogP contribution in [-0.4, -0.2) is 58.9 Å². The summed E-state index contributed by atoms with van der Waals surface area (Å²) in [5.41, 5.74) is 6.24. The molecule has 0 radical (unpaired) electrons. The lowest BCUT2D eigenvalue weighted by Crippen LogP contribution is -2.44. The van der Waals surface area contributed by atoms with E-state index in [0.29, 0.717) is 11.3 Å². The van der Waals surface area contributed by atoms with Gasteiger partial charge < -0.3 is 15.5 Å². The van der Waals surface area contributed by atoms with Crippen LogP contribution in [0.5, 0.6) is 0 Å². The predicted molar refractivity (Wildman–Crippen MR) is 162 cm³/mol. The first kappa shape index (κ1) is 27.0. The third-order valence-electron chi connectivity index (χ3n) is 6.58. The molecular formula is C28H28Br2N6OS. The maximum atomic E-state index is 13.2. The van der Waals surface area contributed by atoms with Crippen molar-refractivity contribution in [3.05, 3.63) is 85.9 Å². The van der Waals surface area contributed by atoms with Gasteiger partial charge in [-0.25, -0.2) is 4.98 Å². The van der Waals surface area contributed by atoms with Crippen molar-refractivity contribution in [2.75, 3.05) is 43.9 Å². The maximum absolute atomic E-state index is 13.2. The Morgan fingerprint density at radius 2 is 1.84 bits per heavy atom. The van der Waals surface area contributed by atoms with Crippen LogP contribution < -0.4 is 10.6 Å². The molecule has 1 amide bonds. The van der Waals surface area contributed by atoms with Gasteiger partial charge in [-0.05, 0) is 61.5 Å². The maximum Gasteiger partial charge on any atom is 0.255 e. The molecular weight excluding hydrogens is 628 g/mol. The number of rotatable bonds is 7. The normalized spacial score (nSPS) is 14.4. The van der Waals surface area contributed by atoms with E-state index in [2.05, 4.69) is 64.3 Å². The number of thiazole rings is 1. The van der Waals surface area contributed by atoms with Crippen molar-refractivity contribution >= 4 is 65.6 Å². The van der Waals surface area contributed by atoms with Crippen molar-refractivity contribution < 1.29 is 4.79 Å². The zero-order chi connectivity index (χ0) is 26.6. The Morgan fingerprint density at radius 3 is 2.55 bits per heavy atom. The Hall–Kier alpha value is -2.63. The fraction of sp³-hybridized carbons (Fsp3) is 0.250. The van der Waals surface area contributed by atoms with Gasteiger partial charge in [-0.15, -0.1) is 11.3 Å². The van der Waals surface area contributed by atoms with Gasteiger partial charge in [0.05, 0.1) is 5.69 Å². The summed E-state index contributed by atoms with van der Waals surface area (Å²) in [6.45, 7) is 7.06. The summed E-state index contributed by atoms with van der Waals surface area (Å²) in [6, 6.07) is 13.5. The summed E-state index contributed by atoms with van der Waals surface area (Å²) in [4.78, 5) is 26.8. The van der Waals surface area contributed by atoms with Crippen LogP contribution >= 0.6 is 43.2 Å². The van der Waals surface area contributed by atoms with Crippen LogP contribution in [0.1, 0.15) is 21.5 Å². The number of halogens is 2. The fourth-order valence-electron chi connectivity index (χ4n) is 4.25. The number of benzene rings is 2. The van der Waals surface area contributed by atoms with Crippen molar-refractivity contribution in [1.82, 2.24) is 19.8 Å². The van der Waals surface area contributed by atoms with E-state index in [-0.39, 0.29) is 5.91 Å². The highest BCUT2D eigenvalue weighted by atomic mass is 79.9. The fourth-order valence-corrected chi connectivity index (χ4v) is 6.41. The average molecular weight is 656 g/mol. The Bertz CT molecular complexity index is 1410. The van der Waals surface area contributed by atoms with E-state index in [0.717, 1.165) is 74.9 Å². The third kappa shape index (κ3) is 6.50. The van der Waals surface area contributed by atoms with E-state index in [9.17, 15) is 4.79 Å². The minimum absolute atomic E-state index is 0.166. The molecule has 7 nitrogen and oxygen atoms in total. The number of pyridine rings is 1. The minimum Gasteiger partial charge on any atom is -0.331 e. The van der Waals surface area contributed by atoms with Crippen molar-refractivity contribution in [2.24, 2.45) is 0 Å². The lowest BCUT2D eigenvalue weighted by molar-refractivity contribution is 0.102. The summed E-state index contributed by atoms with van der Waals surface area (Å²) in [5, 5.41) is 9.22. The molecule has 196 valence electrons. The van der Waals surface area contributed by atoms with Crippen LogP contribution in [0.4, 0.5) is 16.5 Å². The van der Waals surface area contributed by atoms with E-state index in [1.807, 2.05) is 54.8 Å². The average Bonchev–Trinajstić information content (AvgIpc) is 3.38. The topological polar surface area (TPSA) is 73.4 Å². The number of likely N-dealkylation sites (N-methyl/N-ethyl adjacent to an activating group) is 1. The SMILES string of the molecule is Cc1ccc(NC(=O)c2cc(Br)c(CN3CCN(C)CC3)c(Br)c2)cc1Nc1nc(-c2cccnc2)cs1. The molecule has 3 heterocycles. The smallest absolute Gasteiger partial charge is 0.255 e. The Morgan fingerprint density at radius 1 is 1.08 bits per heavy atom. The number of hydrogen-bond acceptors (Lipinski definition) is 7. The number of nitrogens with zero attached hydrogens (tertiary/aromatic N) is 4. The summed E-state index contributed by atoms with van der Waals surface area (Å²) >= 11 is 8.93. The van der Waals surface area contributed by atoms with Gasteiger partial charge in [-0.2, -0.15) is 0 Å². The van der Waals surface area contributed by atoms with E-state index in [1.165, 1.54) is 11.3 Å². The van der Waals surface area contributed by atoms with Gasteiger partial charge in [0, 0.05) is 81.9 Å². The molecule has 0 spiro atoms. The lowest BCUT2D eigenvalue weighted by Gasteiger charge is -2.32. The molecule has 0 bridgehead atoms. The summed E-state index contributed by atoms with van der Waals surface area (Å²) in [7, 11) is 2.16. The molecule has 1 aliphatic rings. The number of aryl methyl sites for hydroxylation is 1. The highest BCUT2D eigenvalue weighted by Gasteiger charge is 2.19. The first-order valence-electron chi connectivity index (χ1n) is 12.3. The van der Waals surface area contributed by atoms with Gasteiger partial charge in [0.1, 0.15) is 0 Å². The number of carbonyl (C=O) groups excluding carboxylic acids is 1. The first-order valence-corrected chi connectivity index (χ1v) is 14.8. The molecule has 2 aromatic heterocycles. The van der Waals surface area contributed by atoms with Gasteiger partial charge in [-0.3, -0.25) is 14.7 Å². The molecule has 0 aliphatic carbocycles. The molecule has 10 heteroatoms. The van der Waals surface area contributed by atoms with Crippen molar-refractivity contribution in [3.63, 3.8) is 0 Å². The highest BCUT2D eigenvalue weighted by molar-refractivity contribution is 9.11. The highest BCUT2D eigenvalue weighted by Crippen LogP contribution is 2.31. The van der Waals surface area contributed by atoms with Gasteiger partial charge in [0.2, 0.25) is 0 Å². The Labute approximate surface area is 243 Å². The summed E-state index contributed by atoms with van der Waals surface area (Å²) < 4.78 is 1.85. The molecule has 4 aromatic rings. The van der Waals surface area contributed by atoms with Crippen LogP contribution in [0.15, 0.2) is 69.2 Å². The van der Waals surface area contributed by atoms with E-state index < -0.39 is 0 Å². The number of nitrogens with one attached hydrogen (secondary N) is 2. The van der Waals surface area contributed by atoms with E-state index in [1.54, 1.807) is 12.4 Å². The molecule has 1 saturated heterocycles. The number of amides is 1. The molecule has 1 fully saturated rings. The van der Waals surface area contributed by atoms with Crippen molar-refractivity contribution in [2.45, 2.75) is 13.5 Å². The monoisotopic (exact) mass is 654 g/mol. The van der Waals surface area contributed by atoms with Gasteiger partial charge >= 0.3 is 0 Å². The Kier molecular flexibility index (Phi) is 8.54. The van der Waals surface area contributed by atoms with Crippen LogP contribution in [0.2, 0.25) is 0 Å². The molecule has 0 saturated carbocycles. The van der Waals surface area contributed by atoms with Crippen LogP contribution in [0.3, 0.4) is 0 Å². The number of anilines is 3. The quantitative estimate of drug-likeness (QED) is 0.229. The van der Waals surface area contributed by atoms with Crippen LogP contribution in [0, 0.1) is 6.92 Å². The second-order valence-electron chi connectivity index (χ2n) is 9.39. The van der Waals surface area contributed by atoms with E-state index in [4.69, 9.17) is 4.98 Å². The van der Waals surface area contributed by atoms with E-state index >= 15 is 0 Å². The zero-order valence-electron chi connectivity index (χ0n) is 21.2. The van der Waals surface area contributed by atoms with Gasteiger partial charge in [0.25, 0.3) is 5.91 Å². The largest absolute Gasteiger partial charge is 0.331 e. The number of hydrogen-bond donors (Lipinski definition) is 2. The molecule has 1 aliphatic heterocycles. The summed E-state index contributed by atoms with van der Waals surface area (Å²) in [5.74, 6) is -0.166. The third-order valence-corrected chi connectivity index (χ3v) is 8.75. The van der Waals surface area contributed by atoms with Crippen molar-refractivity contribution in [3.8, 4) is 11.3 Å². The minimum atomic E-state index is -0.166. The lowest BCUT2D eigenvalue weighted by atomic mass is 10.1. The Balaban J connectivity index is 1.27. The number of carbonyl (C=O) groups is 1. The summed E-state index contributed by atoms with van der Waals surface area (Å²) in [6.07, 6.45) is 3.55. The number of aromatic nitrogens is 2. The molecule has 0 unspecified atom stereocenters. The second-order valence-corrected chi connectivity index (χ2v) is 12.0. The first-order chi connectivity index (χ1) is 18.4. The predicted octanol–water partition coefficient (Wildman–Crippen LogP) is 6.78. The van der Waals surface area contributed by atoms with Crippen molar-refractivity contribution in [1.29, 1.82) is 0 Å². The molecule has 38 heavy (non-hydrogen) atoms. The molecule has 2 aromatic carbocycles. The van der Waals surface area contributed by atoms with Crippen LogP contribution in [-0.2, 0) is 6.54 Å². The molecule has 5 rings (SSSR count).